The maximum absolute atomic E-state index is 11.9. The van der Waals surface area contributed by atoms with Crippen molar-refractivity contribution in [2.45, 2.75) is 71.9 Å². The maximum Gasteiger partial charge on any atom is 0.306 e. The number of nitrogens with zero attached hydrogens (tertiary/aromatic N) is 2. The number of aryl methyl sites for hydroxylation is 1. The van der Waals surface area contributed by atoms with Crippen LogP contribution in [0.5, 0.6) is 11.6 Å². The number of rotatable bonds is 12. The average molecular weight is 577 g/mol. The Bertz CT molecular complexity index is 1390. The SMILES string of the molecule is CCOc1cc(-c2ccc(C3CCc4ccc([C@H](C5CC5)[C@H](C)C(=O)O)cc4O3)cc2CN(CC)CC)c(Cl)cn1. The van der Waals surface area contributed by atoms with E-state index in [0.717, 1.165) is 73.3 Å². The lowest BCUT2D eigenvalue weighted by Crippen LogP contribution is -2.23. The summed E-state index contributed by atoms with van der Waals surface area (Å²) in [4.78, 5) is 18.6. The van der Waals surface area contributed by atoms with E-state index < -0.39 is 11.9 Å². The van der Waals surface area contributed by atoms with Crippen LogP contribution in [0, 0.1) is 11.8 Å². The highest BCUT2D eigenvalue weighted by Gasteiger charge is 2.39. The van der Waals surface area contributed by atoms with E-state index in [1.54, 1.807) is 6.20 Å². The molecule has 1 N–H and O–H groups in total. The molecule has 3 atom stereocenters. The fourth-order valence-electron chi connectivity index (χ4n) is 6.15. The third-order valence-corrected chi connectivity index (χ3v) is 8.98. The average Bonchev–Trinajstić information content (AvgIpc) is 3.82. The Balaban J connectivity index is 1.47. The van der Waals surface area contributed by atoms with E-state index in [9.17, 15) is 9.90 Å². The van der Waals surface area contributed by atoms with Gasteiger partial charge in [0, 0.05) is 18.2 Å². The molecule has 1 aliphatic carbocycles. The number of carboxylic acids is 1. The molecule has 41 heavy (non-hydrogen) atoms. The predicted molar refractivity (Wildman–Crippen MR) is 163 cm³/mol. The van der Waals surface area contributed by atoms with Crippen molar-refractivity contribution in [2.24, 2.45) is 11.8 Å². The van der Waals surface area contributed by atoms with Crippen LogP contribution in [-0.2, 0) is 17.8 Å². The number of carboxylic acid groups (broad SMARTS) is 1. The minimum atomic E-state index is -0.734. The zero-order valence-corrected chi connectivity index (χ0v) is 25.3. The van der Waals surface area contributed by atoms with Crippen molar-refractivity contribution in [1.82, 2.24) is 9.88 Å². The van der Waals surface area contributed by atoms with Crippen LogP contribution >= 0.6 is 11.6 Å². The minimum Gasteiger partial charge on any atom is -0.485 e. The molecule has 6 nitrogen and oxygen atoms in total. The summed E-state index contributed by atoms with van der Waals surface area (Å²) >= 11 is 6.67. The van der Waals surface area contributed by atoms with E-state index in [-0.39, 0.29) is 12.0 Å². The summed E-state index contributed by atoms with van der Waals surface area (Å²) < 4.78 is 12.3. The van der Waals surface area contributed by atoms with Crippen LogP contribution in [0.3, 0.4) is 0 Å². The third kappa shape index (κ3) is 6.54. The van der Waals surface area contributed by atoms with Gasteiger partial charge in [-0.25, -0.2) is 4.98 Å². The van der Waals surface area contributed by atoms with Gasteiger partial charge in [-0.05, 0) is 91.4 Å². The summed E-state index contributed by atoms with van der Waals surface area (Å²) in [6, 6.07) is 14.9. The van der Waals surface area contributed by atoms with Crippen molar-refractivity contribution in [2.75, 3.05) is 19.7 Å². The van der Waals surface area contributed by atoms with Crippen LogP contribution in [0.1, 0.15) is 81.2 Å². The van der Waals surface area contributed by atoms with Crippen molar-refractivity contribution >= 4 is 17.6 Å². The number of halogens is 1. The number of pyridine rings is 1. The second-order valence-corrected chi connectivity index (χ2v) is 11.7. The van der Waals surface area contributed by atoms with Crippen LogP contribution in [0.15, 0.2) is 48.7 Å². The molecular weight excluding hydrogens is 536 g/mol. The lowest BCUT2D eigenvalue weighted by atomic mass is 9.82. The van der Waals surface area contributed by atoms with Crippen molar-refractivity contribution < 1.29 is 19.4 Å². The lowest BCUT2D eigenvalue weighted by Gasteiger charge is -2.29. The second kappa shape index (κ2) is 12.8. The predicted octanol–water partition coefficient (Wildman–Crippen LogP) is 7.92. The zero-order valence-electron chi connectivity index (χ0n) is 24.5. The smallest absolute Gasteiger partial charge is 0.306 e. The van der Waals surface area contributed by atoms with Crippen LogP contribution in [-0.4, -0.2) is 40.7 Å². The Kier molecular flexibility index (Phi) is 9.20. The summed E-state index contributed by atoms with van der Waals surface area (Å²) in [6.45, 7) is 11.4. The third-order valence-electron chi connectivity index (χ3n) is 8.68. The summed E-state index contributed by atoms with van der Waals surface area (Å²) in [5.41, 5.74) is 6.58. The highest BCUT2D eigenvalue weighted by atomic mass is 35.5. The first-order valence-corrected chi connectivity index (χ1v) is 15.4. The largest absolute Gasteiger partial charge is 0.485 e. The van der Waals surface area contributed by atoms with Gasteiger partial charge in [-0.2, -0.15) is 0 Å². The van der Waals surface area contributed by atoms with Crippen LogP contribution in [0.25, 0.3) is 11.1 Å². The van der Waals surface area contributed by atoms with Crippen LogP contribution in [0.4, 0.5) is 0 Å². The van der Waals surface area contributed by atoms with E-state index >= 15 is 0 Å². The standard InChI is InChI=1S/C34H41ClN2O4/c1-5-37(6-2)20-26-16-24(12-14-27(26)28-18-32(40-7-3)36-19-29(28)35)30-15-13-22-8-11-25(17-31(22)41-30)33(23-9-10-23)21(4)34(38)39/h8,11-12,14,16-19,21,23,30,33H,5-7,9-10,13,15,20H2,1-4H3,(H,38,39)/t21-,30?,33-/m0/s1. The Morgan fingerprint density at radius 3 is 2.56 bits per heavy atom. The number of hydrogen-bond acceptors (Lipinski definition) is 5. The molecule has 0 radical (unpaired) electrons. The molecule has 2 aliphatic rings. The van der Waals surface area contributed by atoms with Gasteiger partial charge in [0.05, 0.1) is 23.7 Å². The van der Waals surface area contributed by atoms with E-state index in [4.69, 9.17) is 21.1 Å². The molecule has 0 bridgehead atoms. The molecule has 218 valence electrons. The molecule has 1 aliphatic heterocycles. The summed E-state index contributed by atoms with van der Waals surface area (Å²) in [5, 5.41) is 10.3. The highest BCUT2D eigenvalue weighted by Crippen LogP contribution is 2.48. The molecule has 0 amide bonds. The van der Waals surface area contributed by atoms with Crippen LogP contribution in [0.2, 0.25) is 5.02 Å². The number of benzene rings is 2. The second-order valence-electron chi connectivity index (χ2n) is 11.3. The normalized spacial score (nSPS) is 18.0. The summed E-state index contributed by atoms with van der Waals surface area (Å²) in [7, 11) is 0. The number of fused-ring (bicyclic) bond motifs is 1. The number of hydrogen-bond donors (Lipinski definition) is 1. The first kappa shape index (κ1) is 29.4. The van der Waals surface area contributed by atoms with Gasteiger partial charge < -0.3 is 14.6 Å². The Morgan fingerprint density at radius 2 is 1.88 bits per heavy atom. The molecular formula is C34H41ClN2O4. The van der Waals surface area contributed by atoms with Crippen molar-refractivity contribution in [1.29, 1.82) is 0 Å². The van der Waals surface area contributed by atoms with Crippen LogP contribution < -0.4 is 9.47 Å². The Labute approximate surface area is 248 Å². The van der Waals surface area contributed by atoms with Gasteiger partial charge in [0.25, 0.3) is 0 Å². The van der Waals surface area contributed by atoms with Gasteiger partial charge in [-0.1, -0.05) is 62.7 Å². The molecule has 3 aromatic rings. The molecule has 2 heterocycles. The maximum atomic E-state index is 11.9. The van der Waals surface area contributed by atoms with E-state index in [2.05, 4.69) is 60.1 Å². The van der Waals surface area contributed by atoms with E-state index in [0.29, 0.717) is 23.4 Å². The molecule has 2 aromatic carbocycles. The van der Waals surface area contributed by atoms with E-state index in [1.165, 1.54) is 11.1 Å². The monoisotopic (exact) mass is 576 g/mol. The number of aromatic nitrogens is 1. The minimum absolute atomic E-state index is 0.0217. The number of aliphatic carboxylic acids is 1. The summed E-state index contributed by atoms with van der Waals surface area (Å²) in [6.07, 6.45) is 5.58. The van der Waals surface area contributed by atoms with Gasteiger partial charge in [0.2, 0.25) is 5.88 Å². The first-order valence-electron chi connectivity index (χ1n) is 15.0. The topological polar surface area (TPSA) is 71.9 Å². The molecule has 1 unspecified atom stereocenters. The lowest BCUT2D eigenvalue weighted by molar-refractivity contribution is -0.142. The van der Waals surface area contributed by atoms with Crippen molar-refractivity contribution in [3.05, 3.63) is 75.9 Å². The number of carbonyl (C=O) groups is 1. The van der Waals surface area contributed by atoms with E-state index in [1.807, 2.05) is 19.9 Å². The van der Waals surface area contributed by atoms with Crippen molar-refractivity contribution in [3.63, 3.8) is 0 Å². The molecule has 0 spiro atoms. The molecule has 1 fully saturated rings. The first-order chi connectivity index (χ1) is 19.8. The van der Waals surface area contributed by atoms with Gasteiger partial charge in [-0.15, -0.1) is 0 Å². The molecule has 7 heteroatoms. The summed E-state index contributed by atoms with van der Waals surface area (Å²) in [5.74, 6) is 0.759. The molecule has 5 rings (SSSR count). The fourth-order valence-corrected chi connectivity index (χ4v) is 6.36. The van der Waals surface area contributed by atoms with Crippen molar-refractivity contribution in [3.8, 4) is 22.8 Å². The molecule has 0 saturated heterocycles. The molecule has 1 aromatic heterocycles. The van der Waals surface area contributed by atoms with Gasteiger partial charge in [0.15, 0.2) is 0 Å². The van der Waals surface area contributed by atoms with Gasteiger partial charge in [-0.3, -0.25) is 9.69 Å². The zero-order chi connectivity index (χ0) is 29.1. The van der Waals surface area contributed by atoms with Gasteiger partial charge >= 0.3 is 5.97 Å². The Hall–Kier alpha value is -3.09. The quantitative estimate of drug-likeness (QED) is 0.236. The highest BCUT2D eigenvalue weighted by molar-refractivity contribution is 6.33. The Morgan fingerprint density at radius 1 is 1.10 bits per heavy atom. The fraction of sp³-hybridized carbons (Fsp3) is 0.471. The number of ether oxygens (including phenoxy) is 2. The van der Waals surface area contributed by atoms with Gasteiger partial charge in [0.1, 0.15) is 11.9 Å². The molecule has 1 saturated carbocycles.